The van der Waals surface area contributed by atoms with Gasteiger partial charge in [-0.2, -0.15) is 0 Å². The van der Waals surface area contributed by atoms with Gasteiger partial charge < -0.3 is 9.47 Å². The Morgan fingerprint density at radius 1 is 1.25 bits per heavy atom. The second-order valence-electron chi connectivity index (χ2n) is 4.62. The molecular formula is C16H13ClO3. The van der Waals surface area contributed by atoms with E-state index >= 15 is 0 Å². The largest absolute Gasteiger partial charge is 0.495 e. The molecular weight excluding hydrogens is 276 g/mol. The van der Waals surface area contributed by atoms with E-state index < -0.39 is 0 Å². The van der Waals surface area contributed by atoms with Crippen LogP contribution in [0.2, 0.25) is 5.02 Å². The third kappa shape index (κ3) is 2.25. The number of Topliss-reactive ketones (excluding diaryl/α,β-unsaturated/α-hetero) is 1. The van der Waals surface area contributed by atoms with Crippen molar-refractivity contribution in [2.75, 3.05) is 7.11 Å². The number of hydrogen-bond donors (Lipinski definition) is 0. The van der Waals surface area contributed by atoms with E-state index in [1.807, 2.05) is 24.3 Å². The van der Waals surface area contributed by atoms with Gasteiger partial charge in [-0.1, -0.05) is 29.8 Å². The van der Waals surface area contributed by atoms with E-state index in [1.165, 1.54) is 0 Å². The summed E-state index contributed by atoms with van der Waals surface area (Å²) in [4.78, 5) is 12.1. The minimum Gasteiger partial charge on any atom is -0.495 e. The predicted molar refractivity (Wildman–Crippen MR) is 76.8 cm³/mol. The van der Waals surface area contributed by atoms with Gasteiger partial charge in [0.05, 0.1) is 24.1 Å². The van der Waals surface area contributed by atoms with E-state index in [0.29, 0.717) is 28.5 Å². The van der Waals surface area contributed by atoms with E-state index in [0.717, 1.165) is 5.56 Å². The lowest BCUT2D eigenvalue weighted by Gasteiger charge is -2.25. The second kappa shape index (κ2) is 5.17. The summed E-state index contributed by atoms with van der Waals surface area (Å²) in [6.45, 7) is 0. The molecule has 0 bridgehead atoms. The SMILES string of the molecule is COc1ccc(C2CC(=O)c3ccccc3O2)cc1Cl. The molecule has 1 atom stereocenters. The first-order chi connectivity index (χ1) is 9.69. The van der Waals surface area contributed by atoms with E-state index in [9.17, 15) is 4.79 Å². The lowest BCUT2D eigenvalue weighted by atomic mass is 9.96. The molecule has 0 saturated carbocycles. The first-order valence-corrected chi connectivity index (χ1v) is 6.69. The Kier molecular flexibility index (Phi) is 3.36. The van der Waals surface area contributed by atoms with Gasteiger partial charge in [-0.25, -0.2) is 0 Å². The first kappa shape index (κ1) is 13.0. The fraction of sp³-hybridized carbons (Fsp3) is 0.188. The normalized spacial score (nSPS) is 17.3. The highest BCUT2D eigenvalue weighted by Crippen LogP contribution is 2.36. The monoisotopic (exact) mass is 288 g/mol. The Bertz CT molecular complexity index is 667. The van der Waals surface area contributed by atoms with Crippen LogP contribution in [0.4, 0.5) is 0 Å². The third-order valence-electron chi connectivity index (χ3n) is 3.38. The highest BCUT2D eigenvalue weighted by atomic mass is 35.5. The summed E-state index contributed by atoms with van der Waals surface area (Å²) in [7, 11) is 1.57. The molecule has 2 aromatic rings. The molecule has 0 radical (unpaired) electrons. The lowest BCUT2D eigenvalue weighted by molar-refractivity contribution is 0.0850. The number of ketones is 1. The molecule has 2 aromatic carbocycles. The van der Waals surface area contributed by atoms with Crippen LogP contribution in [0.25, 0.3) is 0 Å². The Morgan fingerprint density at radius 2 is 2.05 bits per heavy atom. The Morgan fingerprint density at radius 3 is 2.80 bits per heavy atom. The second-order valence-corrected chi connectivity index (χ2v) is 5.03. The van der Waals surface area contributed by atoms with Gasteiger partial charge in [0.1, 0.15) is 17.6 Å². The standard InChI is InChI=1S/C16H13ClO3/c1-19-15-7-6-10(8-12(15)17)16-9-13(18)11-4-2-3-5-14(11)20-16/h2-8,16H,9H2,1H3. The maximum atomic E-state index is 12.1. The fourth-order valence-corrected chi connectivity index (χ4v) is 2.61. The van der Waals surface area contributed by atoms with Gasteiger partial charge >= 0.3 is 0 Å². The molecule has 4 heteroatoms. The smallest absolute Gasteiger partial charge is 0.170 e. The highest BCUT2D eigenvalue weighted by molar-refractivity contribution is 6.32. The number of halogens is 1. The summed E-state index contributed by atoms with van der Waals surface area (Å²) >= 11 is 6.12. The van der Waals surface area contributed by atoms with Crippen molar-refractivity contribution in [1.29, 1.82) is 0 Å². The number of fused-ring (bicyclic) bond motifs is 1. The summed E-state index contributed by atoms with van der Waals surface area (Å²) in [6, 6.07) is 12.7. The van der Waals surface area contributed by atoms with E-state index in [2.05, 4.69) is 0 Å². The summed E-state index contributed by atoms with van der Waals surface area (Å²) in [5.41, 5.74) is 1.52. The number of hydrogen-bond acceptors (Lipinski definition) is 3. The number of methoxy groups -OCH3 is 1. The predicted octanol–water partition coefficient (Wildman–Crippen LogP) is 4.06. The van der Waals surface area contributed by atoms with Crippen molar-refractivity contribution in [2.45, 2.75) is 12.5 Å². The molecule has 0 spiro atoms. The molecule has 1 heterocycles. The van der Waals surface area contributed by atoms with Crippen LogP contribution in [0.15, 0.2) is 42.5 Å². The molecule has 20 heavy (non-hydrogen) atoms. The van der Waals surface area contributed by atoms with E-state index in [1.54, 1.807) is 25.3 Å². The van der Waals surface area contributed by atoms with Crippen molar-refractivity contribution in [3.63, 3.8) is 0 Å². The van der Waals surface area contributed by atoms with Crippen molar-refractivity contribution in [3.05, 3.63) is 58.6 Å². The van der Waals surface area contributed by atoms with Crippen molar-refractivity contribution >= 4 is 17.4 Å². The van der Waals surface area contributed by atoms with Gasteiger partial charge in [0.15, 0.2) is 5.78 Å². The summed E-state index contributed by atoms with van der Waals surface area (Å²) in [5.74, 6) is 1.32. The maximum Gasteiger partial charge on any atom is 0.170 e. The molecule has 1 unspecified atom stereocenters. The van der Waals surface area contributed by atoms with Crippen LogP contribution in [-0.2, 0) is 0 Å². The van der Waals surface area contributed by atoms with Crippen LogP contribution in [0, 0.1) is 0 Å². The van der Waals surface area contributed by atoms with Gasteiger partial charge in [0.2, 0.25) is 0 Å². The average molecular weight is 289 g/mol. The lowest BCUT2D eigenvalue weighted by Crippen LogP contribution is -2.20. The number of para-hydroxylation sites is 1. The zero-order chi connectivity index (χ0) is 14.1. The minimum atomic E-state index is -0.305. The quantitative estimate of drug-likeness (QED) is 0.836. The molecule has 3 rings (SSSR count). The Balaban J connectivity index is 1.94. The summed E-state index contributed by atoms with van der Waals surface area (Å²) < 4.78 is 11.0. The Labute approximate surface area is 122 Å². The summed E-state index contributed by atoms with van der Waals surface area (Å²) in [6.07, 6.45) is 0.0143. The minimum absolute atomic E-state index is 0.0868. The van der Waals surface area contributed by atoms with Crippen molar-refractivity contribution < 1.29 is 14.3 Å². The van der Waals surface area contributed by atoms with Crippen LogP contribution in [0.1, 0.15) is 28.4 Å². The molecule has 102 valence electrons. The molecule has 0 fully saturated rings. The van der Waals surface area contributed by atoms with Gasteiger partial charge in [-0.05, 0) is 29.8 Å². The van der Waals surface area contributed by atoms with Crippen molar-refractivity contribution in [1.82, 2.24) is 0 Å². The molecule has 1 aliphatic heterocycles. The molecule has 0 saturated heterocycles. The van der Waals surface area contributed by atoms with Crippen LogP contribution >= 0.6 is 11.6 Å². The van der Waals surface area contributed by atoms with Crippen molar-refractivity contribution in [2.24, 2.45) is 0 Å². The third-order valence-corrected chi connectivity index (χ3v) is 3.67. The average Bonchev–Trinajstić information content (AvgIpc) is 2.47. The fourth-order valence-electron chi connectivity index (χ4n) is 2.34. The van der Waals surface area contributed by atoms with Crippen LogP contribution < -0.4 is 9.47 Å². The van der Waals surface area contributed by atoms with Gasteiger partial charge in [0.25, 0.3) is 0 Å². The first-order valence-electron chi connectivity index (χ1n) is 6.31. The van der Waals surface area contributed by atoms with E-state index in [-0.39, 0.29) is 11.9 Å². The zero-order valence-electron chi connectivity index (χ0n) is 10.9. The van der Waals surface area contributed by atoms with Gasteiger partial charge in [0, 0.05) is 0 Å². The van der Waals surface area contributed by atoms with Gasteiger partial charge in [-0.3, -0.25) is 4.79 Å². The number of ether oxygens (including phenoxy) is 2. The van der Waals surface area contributed by atoms with Crippen LogP contribution in [0.5, 0.6) is 11.5 Å². The number of benzene rings is 2. The van der Waals surface area contributed by atoms with E-state index in [4.69, 9.17) is 21.1 Å². The Hall–Kier alpha value is -2.00. The number of carbonyl (C=O) groups is 1. The maximum absolute atomic E-state index is 12.1. The number of rotatable bonds is 2. The zero-order valence-corrected chi connectivity index (χ0v) is 11.7. The van der Waals surface area contributed by atoms with Crippen molar-refractivity contribution in [3.8, 4) is 11.5 Å². The molecule has 0 amide bonds. The molecule has 3 nitrogen and oxygen atoms in total. The number of carbonyl (C=O) groups excluding carboxylic acids is 1. The highest BCUT2D eigenvalue weighted by Gasteiger charge is 2.27. The molecule has 0 N–H and O–H groups in total. The molecule has 0 aliphatic carbocycles. The summed E-state index contributed by atoms with van der Waals surface area (Å²) in [5, 5.41) is 0.514. The van der Waals surface area contributed by atoms with Crippen LogP contribution in [-0.4, -0.2) is 12.9 Å². The topological polar surface area (TPSA) is 35.5 Å². The molecule has 1 aliphatic rings. The van der Waals surface area contributed by atoms with Gasteiger partial charge in [-0.15, -0.1) is 0 Å². The molecule has 0 aromatic heterocycles. The van der Waals surface area contributed by atoms with Crippen LogP contribution in [0.3, 0.4) is 0 Å².